The highest BCUT2D eigenvalue weighted by atomic mass is 16.8. The van der Waals surface area contributed by atoms with E-state index in [1.54, 1.807) is 55.5 Å². The maximum atomic E-state index is 13.4. The first kappa shape index (κ1) is 29.3. The van der Waals surface area contributed by atoms with E-state index >= 15 is 0 Å². The second-order valence-corrected chi connectivity index (χ2v) is 10.4. The number of ether oxygens (including phenoxy) is 6. The van der Waals surface area contributed by atoms with Crippen molar-refractivity contribution in [1.82, 2.24) is 0 Å². The van der Waals surface area contributed by atoms with Crippen molar-refractivity contribution in [2.45, 2.75) is 64.3 Å². The quantitative estimate of drug-likeness (QED) is 0.233. The first-order chi connectivity index (χ1) is 19.1. The highest BCUT2D eigenvalue weighted by Crippen LogP contribution is 2.35. The number of cyclic esters (lactones) is 1. The molecule has 2 N–H and O–H groups in total. The average molecular weight is 552 g/mol. The van der Waals surface area contributed by atoms with Gasteiger partial charge in [-0.25, -0.2) is 9.59 Å². The molecule has 0 radical (unpaired) electrons. The normalized spacial score (nSPS) is 27.8. The Balaban J connectivity index is 1.73. The van der Waals surface area contributed by atoms with Crippen LogP contribution in [-0.2, 0) is 23.7 Å². The molecule has 9 heteroatoms. The molecule has 1 saturated heterocycles. The largest absolute Gasteiger partial charge is 0.467 e. The van der Waals surface area contributed by atoms with Gasteiger partial charge in [-0.2, -0.15) is 0 Å². The van der Waals surface area contributed by atoms with Crippen LogP contribution >= 0.6 is 0 Å². The fourth-order valence-electron chi connectivity index (χ4n) is 4.66. The minimum absolute atomic E-state index is 0.0608. The molecule has 0 aromatic heterocycles. The van der Waals surface area contributed by atoms with Crippen molar-refractivity contribution in [2.75, 3.05) is 19.6 Å². The second kappa shape index (κ2) is 12.7. The number of hydrogen-bond acceptors (Lipinski definition) is 9. The molecule has 0 spiro atoms. The van der Waals surface area contributed by atoms with Gasteiger partial charge >= 0.3 is 11.9 Å². The fourth-order valence-corrected chi connectivity index (χ4v) is 4.66. The zero-order valence-electron chi connectivity index (χ0n) is 23.5. The van der Waals surface area contributed by atoms with E-state index in [2.05, 4.69) is 0 Å². The summed E-state index contributed by atoms with van der Waals surface area (Å²) < 4.78 is 35.0. The lowest BCUT2D eigenvalue weighted by atomic mass is 9.98. The third-order valence-corrected chi connectivity index (χ3v) is 6.79. The van der Waals surface area contributed by atoms with E-state index in [-0.39, 0.29) is 24.0 Å². The smallest absolute Gasteiger partial charge is 0.342 e. The lowest BCUT2D eigenvalue weighted by molar-refractivity contribution is -0.152. The number of hydrogen-bond donors (Lipinski definition) is 1. The topological polar surface area (TPSA) is 116 Å². The van der Waals surface area contributed by atoms with Crippen LogP contribution in [-0.4, -0.2) is 56.0 Å². The molecule has 0 amide bonds. The van der Waals surface area contributed by atoms with E-state index in [1.807, 2.05) is 39.0 Å². The summed E-state index contributed by atoms with van der Waals surface area (Å²) in [6.07, 6.45) is 5.40. The van der Waals surface area contributed by atoms with E-state index in [0.29, 0.717) is 23.2 Å². The van der Waals surface area contributed by atoms with Crippen LogP contribution in [0.2, 0.25) is 0 Å². The van der Waals surface area contributed by atoms with Gasteiger partial charge in [0.25, 0.3) is 0 Å². The third-order valence-electron chi connectivity index (χ3n) is 6.79. The number of rotatable bonds is 5. The molecule has 2 unspecified atom stereocenters. The lowest BCUT2D eigenvalue weighted by Crippen LogP contribution is -2.37. The van der Waals surface area contributed by atoms with Crippen LogP contribution in [0.3, 0.4) is 0 Å². The van der Waals surface area contributed by atoms with Crippen molar-refractivity contribution >= 4 is 23.7 Å². The molecule has 0 bridgehead atoms. The molecule has 9 nitrogen and oxygen atoms in total. The molecule has 0 saturated carbocycles. The summed E-state index contributed by atoms with van der Waals surface area (Å²) in [6, 6.07) is 12.0. The van der Waals surface area contributed by atoms with Crippen molar-refractivity contribution in [3.05, 3.63) is 77.4 Å². The van der Waals surface area contributed by atoms with Gasteiger partial charge in [0.05, 0.1) is 11.7 Å². The number of benzene rings is 2. The maximum Gasteiger partial charge on any atom is 0.342 e. The van der Waals surface area contributed by atoms with Gasteiger partial charge in [-0.15, -0.1) is 0 Å². The summed E-state index contributed by atoms with van der Waals surface area (Å²) in [5.74, 6) is -1.89. The second-order valence-electron chi connectivity index (χ2n) is 10.4. The number of nitrogen functional groups attached to an aromatic ring is 1. The minimum atomic E-state index is -0.899. The Morgan fingerprint density at radius 3 is 2.58 bits per heavy atom. The molecule has 4 rings (SSSR count). The number of carbonyl (C=O) groups excluding carboxylic acids is 2. The molecule has 0 aliphatic carbocycles. The molecule has 2 aromatic rings. The van der Waals surface area contributed by atoms with E-state index in [9.17, 15) is 9.59 Å². The molecule has 40 heavy (non-hydrogen) atoms. The molecule has 2 aliphatic heterocycles. The Hall–Kier alpha value is -3.66. The van der Waals surface area contributed by atoms with E-state index in [4.69, 9.17) is 34.2 Å². The van der Waals surface area contributed by atoms with Crippen molar-refractivity contribution < 1.29 is 38.0 Å². The van der Waals surface area contributed by atoms with E-state index in [1.165, 1.54) is 7.11 Å². The van der Waals surface area contributed by atoms with Crippen molar-refractivity contribution in [3.63, 3.8) is 0 Å². The summed E-state index contributed by atoms with van der Waals surface area (Å²) in [7, 11) is 1.49. The van der Waals surface area contributed by atoms with Crippen LogP contribution in [0, 0.1) is 5.92 Å². The van der Waals surface area contributed by atoms with E-state index in [0.717, 1.165) is 0 Å². The Morgan fingerprint density at radius 1 is 1.10 bits per heavy atom. The third kappa shape index (κ3) is 7.10. The Kier molecular flexibility index (Phi) is 9.29. The summed E-state index contributed by atoms with van der Waals surface area (Å²) in [5, 5.41) is 0. The Morgan fingerprint density at radius 2 is 1.85 bits per heavy atom. The first-order valence-electron chi connectivity index (χ1n) is 13.3. The van der Waals surface area contributed by atoms with Gasteiger partial charge in [0.2, 0.25) is 0 Å². The molecule has 214 valence electrons. The van der Waals surface area contributed by atoms with Crippen LogP contribution in [0.15, 0.2) is 60.7 Å². The zero-order chi connectivity index (χ0) is 28.9. The number of methoxy groups -OCH3 is 1. The van der Waals surface area contributed by atoms with Crippen molar-refractivity contribution in [2.24, 2.45) is 5.92 Å². The summed E-state index contributed by atoms with van der Waals surface area (Å²) >= 11 is 0. The number of fused-ring (bicyclic) bond motifs is 2. The van der Waals surface area contributed by atoms with Gasteiger partial charge in [0, 0.05) is 24.8 Å². The molecule has 1 fully saturated rings. The van der Waals surface area contributed by atoms with Crippen LogP contribution in [0.4, 0.5) is 5.69 Å². The maximum absolute atomic E-state index is 13.4. The first-order valence-corrected chi connectivity index (χ1v) is 13.3. The van der Waals surface area contributed by atoms with Gasteiger partial charge in [0.15, 0.2) is 12.6 Å². The molecular formula is C31H37NO8. The predicted octanol–water partition coefficient (Wildman–Crippen LogP) is 5.15. The summed E-state index contributed by atoms with van der Waals surface area (Å²) in [4.78, 5) is 26.4. The Bertz CT molecular complexity index is 1260. The van der Waals surface area contributed by atoms with Gasteiger partial charge in [-0.3, -0.25) is 0 Å². The van der Waals surface area contributed by atoms with Gasteiger partial charge in [0.1, 0.15) is 29.6 Å². The van der Waals surface area contributed by atoms with E-state index < -0.39 is 42.1 Å². The van der Waals surface area contributed by atoms with Crippen LogP contribution in [0.25, 0.3) is 6.08 Å². The molecular weight excluding hydrogens is 514 g/mol. The van der Waals surface area contributed by atoms with Gasteiger partial charge < -0.3 is 34.2 Å². The molecule has 5 atom stereocenters. The lowest BCUT2D eigenvalue weighted by Gasteiger charge is -2.25. The van der Waals surface area contributed by atoms with Crippen LogP contribution < -0.4 is 10.5 Å². The molecule has 2 heterocycles. The predicted molar refractivity (Wildman–Crippen MR) is 150 cm³/mol. The number of nitrogens with two attached hydrogens (primary N) is 1. The number of anilines is 1. The Labute approximate surface area is 234 Å². The zero-order valence-corrected chi connectivity index (χ0v) is 23.5. The van der Waals surface area contributed by atoms with Gasteiger partial charge in [-0.1, -0.05) is 43.4 Å². The SMILES string of the molecule is COCOc1cc(N)cc2c1C(=O)O[C@@H](C)[C@H](C)/C=C\C(OC(=O)c1ccccc1)C1OC(C)(C)O[C@H]1C/C=C/2. The van der Waals surface area contributed by atoms with Crippen LogP contribution in [0.1, 0.15) is 60.4 Å². The average Bonchev–Trinajstić information content (AvgIpc) is 3.22. The number of carbonyl (C=O) groups is 2. The highest BCUT2D eigenvalue weighted by Gasteiger charge is 2.45. The standard InChI is InChI=1S/C31H37NO8/c1-19-14-15-24(38-29(33)21-10-7-6-8-11-21)28-25(39-31(3,4)40-28)13-9-12-22-16-23(32)17-26(36-18-35-5)27(22)30(34)37-20(19)2/h6-12,14-17,19-20,24-25,28H,13,18,32H2,1-5H3/b12-9+,15-14-/t19-,20+,24?,25+,28?/m1/s1. The molecule has 2 aliphatic rings. The molecule has 2 aromatic carbocycles. The number of esters is 2. The monoisotopic (exact) mass is 551 g/mol. The summed E-state index contributed by atoms with van der Waals surface area (Å²) in [5.41, 5.74) is 7.76. The van der Waals surface area contributed by atoms with Crippen molar-refractivity contribution in [3.8, 4) is 5.75 Å². The van der Waals surface area contributed by atoms with Crippen LogP contribution in [0.5, 0.6) is 5.75 Å². The van der Waals surface area contributed by atoms with Crippen molar-refractivity contribution in [1.29, 1.82) is 0 Å². The fraction of sp³-hybridized carbons (Fsp3) is 0.419. The summed E-state index contributed by atoms with van der Waals surface area (Å²) in [6.45, 7) is 7.30. The minimum Gasteiger partial charge on any atom is -0.467 e. The van der Waals surface area contributed by atoms with Gasteiger partial charge in [-0.05, 0) is 57.0 Å². The highest BCUT2D eigenvalue weighted by molar-refractivity contribution is 5.97.